The van der Waals surface area contributed by atoms with E-state index in [1.807, 2.05) is 23.1 Å². The number of carbonyl (C=O) groups excluding carboxylic acids is 1. The Kier molecular flexibility index (Phi) is 4.96. The minimum absolute atomic E-state index is 0.0852. The van der Waals surface area contributed by atoms with Crippen LogP contribution in [0.2, 0.25) is 0 Å². The first-order valence-electron chi connectivity index (χ1n) is 7.75. The van der Waals surface area contributed by atoms with Gasteiger partial charge in [0.05, 0.1) is 17.6 Å². The van der Waals surface area contributed by atoms with Crippen molar-refractivity contribution in [2.24, 2.45) is 0 Å². The molecule has 1 aliphatic rings. The van der Waals surface area contributed by atoms with E-state index in [4.69, 9.17) is 4.74 Å². The van der Waals surface area contributed by atoms with Crippen molar-refractivity contribution in [2.75, 3.05) is 13.7 Å². The third-order valence-corrected chi connectivity index (χ3v) is 4.60. The Balaban J connectivity index is 1.87. The van der Waals surface area contributed by atoms with Crippen LogP contribution in [0.3, 0.4) is 0 Å². The van der Waals surface area contributed by atoms with E-state index < -0.39 is 0 Å². The van der Waals surface area contributed by atoms with Crippen molar-refractivity contribution >= 4 is 22.0 Å². The van der Waals surface area contributed by atoms with E-state index in [1.54, 1.807) is 0 Å². The molecule has 1 fully saturated rings. The molecule has 1 aliphatic heterocycles. The molecule has 0 bridgehead atoms. The van der Waals surface area contributed by atoms with Crippen LogP contribution in [0.25, 0.3) is 0 Å². The largest absolute Gasteiger partial charge is 0.453 e. The van der Waals surface area contributed by atoms with Crippen LogP contribution in [-0.4, -0.2) is 24.6 Å². The van der Waals surface area contributed by atoms with Crippen molar-refractivity contribution in [1.29, 1.82) is 0 Å². The van der Waals surface area contributed by atoms with Gasteiger partial charge in [0.15, 0.2) is 18.9 Å². The lowest BCUT2D eigenvalue weighted by molar-refractivity contribution is -0.689. The number of ether oxygens (including phenoxy) is 1. The summed E-state index contributed by atoms with van der Waals surface area (Å²) in [5.41, 5.74) is 2.39. The van der Waals surface area contributed by atoms with Gasteiger partial charge in [-0.25, -0.2) is 4.79 Å². The van der Waals surface area contributed by atoms with Crippen LogP contribution in [0.4, 0.5) is 4.79 Å². The zero-order valence-corrected chi connectivity index (χ0v) is 14.7. The third-order valence-electron chi connectivity index (χ3n) is 4.16. The van der Waals surface area contributed by atoms with Gasteiger partial charge < -0.3 is 9.64 Å². The molecule has 1 aromatic heterocycles. The van der Waals surface area contributed by atoms with E-state index in [9.17, 15) is 4.79 Å². The summed E-state index contributed by atoms with van der Waals surface area (Å²) in [6.45, 7) is 1.56. The van der Waals surface area contributed by atoms with Gasteiger partial charge in [0.1, 0.15) is 0 Å². The molecule has 1 unspecified atom stereocenters. The second-order valence-electron chi connectivity index (χ2n) is 5.77. The Morgan fingerprint density at radius 3 is 2.87 bits per heavy atom. The average Bonchev–Trinajstić information content (AvgIpc) is 3.04. The molecule has 120 valence electrons. The second-order valence-corrected chi connectivity index (χ2v) is 6.68. The number of benzene rings is 1. The van der Waals surface area contributed by atoms with Crippen LogP contribution >= 0.6 is 15.9 Å². The topological polar surface area (TPSA) is 33.4 Å². The van der Waals surface area contributed by atoms with E-state index in [0.717, 1.165) is 36.0 Å². The molecule has 2 heterocycles. The molecule has 0 N–H and O–H groups in total. The van der Waals surface area contributed by atoms with E-state index in [-0.39, 0.29) is 12.1 Å². The Bertz CT molecular complexity index is 691. The molecule has 0 radical (unpaired) electrons. The Hall–Kier alpha value is -1.88. The maximum atomic E-state index is 11.9. The minimum Gasteiger partial charge on any atom is -0.453 e. The summed E-state index contributed by atoms with van der Waals surface area (Å²) in [6, 6.07) is 12.5. The van der Waals surface area contributed by atoms with Gasteiger partial charge in [-0.2, -0.15) is 4.57 Å². The maximum absolute atomic E-state index is 11.9. The van der Waals surface area contributed by atoms with Crippen LogP contribution in [0.15, 0.2) is 53.3 Å². The number of hydrogen-bond acceptors (Lipinski definition) is 2. The lowest BCUT2D eigenvalue weighted by atomic mass is 10.1. The van der Waals surface area contributed by atoms with Gasteiger partial charge in [0.2, 0.25) is 0 Å². The summed E-state index contributed by atoms with van der Waals surface area (Å²) in [5, 5.41) is 0. The van der Waals surface area contributed by atoms with Crippen molar-refractivity contribution < 1.29 is 14.1 Å². The maximum Gasteiger partial charge on any atom is 0.409 e. The van der Waals surface area contributed by atoms with Gasteiger partial charge in [-0.1, -0.05) is 30.3 Å². The number of rotatable bonds is 3. The number of hydrogen-bond donors (Lipinski definition) is 0. The standard InChI is InChI=1S/C18H20BrN2O2/c1-23-18(22)21-9-5-8-17(21)15-10-16(19)13-20(12-15)11-14-6-3-2-4-7-14/h2-4,6-7,10,12-13,17H,5,8-9,11H2,1H3/q+1. The molecular formula is C18H20BrN2O2+. The second kappa shape index (κ2) is 7.13. The smallest absolute Gasteiger partial charge is 0.409 e. The van der Waals surface area contributed by atoms with E-state index in [1.165, 1.54) is 12.7 Å². The summed E-state index contributed by atoms with van der Waals surface area (Å²) >= 11 is 3.59. The summed E-state index contributed by atoms with van der Waals surface area (Å²) < 4.78 is 8.08. The SMILES string of the molecule is COC(=O)N1CCCC1c1cc(Br)c[n+](Cc2ccccc2)c1. The molecule has 0 saturated carbocycles. The summed E-state index contributed by atoms with van der Waals surface area (Å²) in [5.74, 6) is 0. The zero-order chi connectivity index (χ0) is 16.2. The third kappa shape index (κ3) is 3.72. The molecule has 1 amide bonds. The van der Waals surface area contributed by atoms with Gasteiger partial charge in [-0.15, -0.1) is 0 Å². The fourth-order valence-corrected chi connectivity index (χ4v) is 3.67. The number of amides is 1. The van der Waals surface area contributed by atoms with Crippen LogP contribution in [0, 0.1) is 0 Å². The van der Waals surface area contributed by atoms with Gasteiger partial charge in [0, 0.05) is 17.7 Å². The normalized spacial score (nSPS) is 17.3. The van der Waals surface area contributed by atoms with Crippen LogP contribution in [-0.2, 0) is 11.3 Å². The van der Waals surface area contributed by atoms with E-state index >= 15 is 0 Å². The number of carbonyl (C=O) groups is 1. The van der Waals surface area contributed by atoms with Crippen molar-refractivity contribution in [2.45, 2.75) is 25.4 Å². The number of methoxy groups -OCH3 is 1. The first-order valence-corrected chi connectivity index (χ1v) is 8.54. The minimum atomic E-state index is -0.248. The summed E-state index contributed by atoms with van der Waals surface area (Å²) in [6.07, 6.45) is 5.92. The first kappa shape index (κ1) is 16.0. The van der Waals surface area contributed by atoms with E-state index in [0.29, 0.717) is 0 Å². The van der Waals surface area contributed by atoms with Crippen LogP contribution in [0.1, 0.15) is 30.0 Å². The van der Waals surface area contributed by atoms with Crippen molar-refractivity contribution in [3.05, 3.63) is 64.4 Å². The Morgan fingerprint density at radius 1 is 1.35 bits per heavy atom. The van der Waals surface area contributed by atoms with Crippen molar-refractivity contribution in [1.82, 2.24) is 4.90 Å². The Morgan fingerprint density at radius 2 is 2.13 bits per heavy atom. The number of halogens is 1. The predicted octanol–water partition coefficient (Wildman–Crippen LogP) is 3.69. The lowest BCUT2D eigenvalue weighted by Gasteiger charge is -2.22. The molecule has 3 rings (SSSR count). The summed E-state index contributed by atoms with van der Waals surface area (Å²) in [4.78, 5) is 13.8. The Labute approximate surface area is 144 Å². The van der Waals surface area contributed by atoms with Crippen LogP contribution in [0.5, 0.6) is 0 Å². The van der Waals surface area contributed by atoms with Crippen molar-refractivity contribution in [3.8, 4) is 0 Å². The van der Waals surface area contributed by atoms with Crippen molar-refractivity contribution in [3.63, 3.8) is 0 Å². The van der Waals surface area contributed by atoms with E-state index in [2.05, 4.69) is 51.1 Å². The van der Waals surface area contributed by atoms with Gasteiger partial charge >= 0.3 is 6.09 Å². The molecule has 0 spiro atoms. The summed E-state index contributed by atoms with van der Waals surface area (Å²) in [7, 11) is 1.44. The van der Waals surface area contributed by atoms with Gasteiger partial charge in [0.25, 0.3) is 0 Å². The highest BCUT2D eigenvalue weighted by molar-refractivity contribution is 9.10. The quantitative estimate of drug-likeness (QED) is 0.766. The molecule has 2 aromatic rings. The molecule has 4 nitrogen and oxygen atoms in total. The van der Waals surface area contributed by atoms with Gasteiger partial charge in [-0.05, 0) is 34.8 Å². The average molecular weight is 376 g/mol. The highest BCUT2D eigenvalue weighted by Crippen LogP contribution is 2.32. The molecule has 0 aliphatic carbocycles. The zero-order valence-electron chi connectivity index (χ0n) is 13.1. The highest BCUT2D eigenvalue weighted by atomic mass is 79.9. The lowest BCUT2D eigenvalue weighted by Crippen LogP contribution is -2.36. The van der Waals surface area contributed by atoms with Crippen LogP contribution < -0.4 is 4.57 Å². The highest BCUT2D eigenvalue weighted by Gasteiger charge is 2.32. The number of nitrogens with zero attached hydrogens (tertiary/aromatic N) is 2. The molecule has 23 heavy (non-hydrogen) atoms. The molecular weight excluding hydrogens is 356 g/mol. The number of aromatic nitrogens is 1. The molecule has 1 atom stereocenters. The van der Waals surface area contributed by atoms with Gasteiger partial charge in [-0.3, -0.25) is 0 Å². The molecule has 1 saturated heterocycles. The number of pyridine rings is 1. The first-order chi connectivity index (χ1) is 11.2. The monoisotopic (exact) mass is 375 g/mol. The molecule has 1 aromatic carbocycles. The number of likely N-dealkylation sites (tertiary alicyclic amines) is 1. The fourth-order valence-electron chi connectivity index (χ4n) is 3.14. The predicted molar refractivity (Wildman–Crippen MR) is 91.0 cm³/mol. The fraction of sp³-hybridized carbons (Fsp3) is 0.333. The molecule has 5 heteroatoms.